The van der Waals surface area contributed by atoms with Gasteiger partial charge < -0.3 is 28.4 Å². The van der Waals surface area contributed by atoms with Gasteiger partial charge in [0.2, 0.25) is 0 Å². The van der Waals surface area contributed by atoms with Crippen LogP contribution in [0.2, 0.25) is 0 Å². The van der Waals surface area contributed by atoms with E-state index >= 15 is 4.57 Å². The fourth-order valence-corrected chi connectivity index (χ4v) is 10.4. The first-order valence-corrected chi connectivity index (χ1v) is 24.3. The molecular formula is C48H57N8O14P. The van der Waals surface area contributed by atoms with Gasteiger partial charge in [-0.15, -0.1) is 0 Å². The molecule has 23 heteroatoms. The fraction of sp³-hybridized carbons (Fsp3) is 0.438. The molecule has 8 atom stereocenters. The molecule has 22 nitrogen and oxygen atoms in total. The quantitative estimate of drug-likeness (QED) is 0.0199. The van der Waals surface area contributed by atoms with Gasteiger partial charge in [0, 0.05) is 41.3 Å². The second kappa shape index (κ2) is 22.6. The summed E-state index contributed by atoms with van der Waals surface area (Å²) in [6.45, 7) is 5.86. The molecule has 2 aliphatic heterocycles. The molecule has 0 aliphatic carbocycles. The second-order valence-corrected chi connectivity index (χ2v) is 19.3. The standard InChI is InChI=1S/C48H57N8O14P/c1-28(2)21-37(45(59)65-7)53-71(62,67-27-39-36(52-54-49)22-41(68-39)55-24-29(3)43(57)50-46(55)60)70-38-23-42(56-25-30(4)44(58)51-47(56)61)69-40(38)26-66-48(31-11-9-8-10-12-31,32-13-17-34(63-5)18-14-32)33-15-19-35(64-6)20-16-33/h8-20,24-25,28,36-42H,21-23,26-27H2,1-7H3,(H,53,62)(H,50,57,60)(H,51,58,61)/t36-,37-,38-,39+,40+,41+,42+,71?/m0/s1. The molecule has 7 rings (SSSR count). The number of hydrogen-bond acceptors (Lipinski definition) is 15. The summed E-state index contributed by atoms with van der Waals surface area (Å²) in [5.74, 6) is 0.284. The van der Waals surface area contributed by atoms with Gasteiger partial charge in [0.1, 0.15) is 47.8 Å². The zero-order chi connectivity index (χ0) is 51.0. The van der Waals surface area contributed by atoms with Crippen LogP contribution in [-0.2, 0) is 43.0 Å². The summed E-state index contributed by atoms with van der Waals surface area (Å²) < 4.78 is 66.8. The lowest BCUT2D eigenvalue weighted by molar-refractivity contribution is -0.143. The monoisotopic (exact) mass is 1000 g/mol. The Morgan fingerprint density at radius 1 is 0.803 bits per heavy atom. The van der Waals surface area contributed by atoms with Crippen molar-refractivity contribution < 1.29 is 46.8 Å². The topological polar surface area (TPSA) is 278 Å². The first-order valence-electron chi connectivity index (χ1n) is 22.8. The molecule has 3 aromatic carbocycles. The minimum Gasteiger partial charge on any atom is -0.497 e. The van der Waals surface area contributed by atoms with Crippen molar-refractivity contribution in [1.82, 2.24) is 24.2 Å². The SMILES string of the molecule is COC(=O)[C@H](CC(C)C)NP(=O)(OC[C@H]1O[C@@H](n2cc(C)c(=O)[nH]c2=O)C[C@@H]1N=[N+]=[N-])O[C@H]1C[C@H](n2cc(C)c(=O)[nH]c2=O)O[C@@H]1COC(c1ccccc1)(c1ccc(OC)cc1)c1ccc(OC)cc1. The van der Waals surface area contributed by atoms with Gasteiger partial charge in [-0.2, -0.15) is 0 Å². The number of nitrogens with zero attached hydrogens (tertiary/aromatic N) is 5. The van der Waals surface area contributed by atoms with Crippen LogP contribution in [0.5, 0.6) is 11.5 Å². The van der Waals surface area contributed by atoms with E-state index in [4.69, 9.17) is 37.5 Å². The van der Waals surface area contributed by atoms with E-state index in [0.717, 1.165) is 4.57 Å². The lowest BCUT2D eigenvalue weighted by Crippen LogP contribution is -2.41. The number of esters is 1. The van der Waals surface area contributed by atoms with Crippen LogP contribution < -0.4 is 37.1 Å². The summed E-state index contributed by atoms with van der Waals surface area (Å²) in [7, 11) is -0.494. The summed E-state index contributed by atoms with van der Waals surface area (Å²) in [5.41, 5.74) is 7.94. The van der Waals surface area contributed by atoms with Gasteiger partial charge in [-0.05, 0) is 72.7 Å². The van der Waals surface area contributed by atoms with E-state index in [1.165, 1.54) is 37.9 Å². The van der Waals surface area contributed by atoms with Crippen molar-refractivity contribution in [2.45, 2.75) is 95.4 Å². The number of aromatic amines is 2. The third-order valence-electron chi connectivity index (χ3n) is 12.3. The molecule has 0 bridgehead atoms. The number of carbonyl (C=O) groups is 1. The highest BCUT2D eigenvalue weighted by Gasteiger charge is 2.48. The normalized spacial score (nSPS) is 21.3. The summed E-state index contributed by atoms with van der Waals surface area (Å²) in [6, 6.07) is 21.9. The van der Waals surface area contributed by atoms with Gasteiger partial charge in [0.05, 0.1) is 46.7 Å². The van der Waals surface area contributed by atoms with Crippen molar-refractivity contribution in [3.8, 4) is 11.5 Å². The number of aryl methyl sites for hydroxylation is 2. The van der Waals surface area contributed by atoms with E-state index in [-0.39, 0.29) is 42.9 Å². The van der Waals surface area contributed by atoms with E-state index in [0.29, 0.717) is 28.2 Å². The highest BCUT2D eigenvalue weighted by molar-refractivity contribution is 7.51. The summed E-state index contributed by atoms with van der Waals surface area (Å²) in [4.78, 5) is 71.9. The predicted molar refractivity (Wildman–Crippen MR) is 257 cm³/mol. The molecule has 3 N–H and O–H groups in total. The zero-order valence-electron chi connectivity index (χ0n) is 40.2. The Labute approximate surface area is 407 Å². The van der Waals surface area contributed by atoms with Crippen molar-refractivity contribution in [3.63, 3.8) is 0 Å². The molecule has 5 aromatic rings. The third kappa shape index (κ3) is 11.8. The second-order valence-electron chi connectivity index (χ2n) is 17.5. The maximum Gasteiger partial charge on any atom is 0.406 e. The predicted octanol–water partition coefficient (Wildman–Crippen LogP) is 5.67. The van der Waals surface area contributed by atoms with Gasteiger partial charge in [-0.3, -0.25) is 42.5 Å². The Balaban J connectivity index is 1.30. The van der Waals surface area contributed by atoms with Crippen LogP contribution in [0.3, 0.4) is 0 Å². The van der Waals surface area contributed by atoms with Gasteiger partial charge in [0.15, 0.2) is 0 Å². The number of ether oxygens (including phenoxy) is 6. The molecular weight excluding hydrogens is 944 g/mol. The van der Waals surface area contributed by atoms with Crippen LogP contribution in [0.25, 0.3) is 10.4 Å². The number of azide groups is 1. The molecule has 2 fully saturated rings. The van der Waals surface area contributed by atoms with Crippen molar-refractivity contribution >= 4 is 13.7 Å². The van der Waals surface area contributed by atoms with Crippen LogP contribution in [0.4, 0.5) is 0 Å². The zero-order valence-corrected chi connectivity index (χ0v) is 41.1. The third-order valence-corrected chi connectivity index (χ3v) is 14.0. The van der Waals surface area contributed by atoms with E-state index < -0.39 is 91.3 Å². The van der Waals surface area contributed by atoms with Crippen LogP contribution >= 0.6 is 7.75 Å². The lowest BCUT2D eigenvalue weighted by Gasteiger charge is -2.37. The molecule has 0 spiro atoms. The van der Waals surface area contributed by atoms with Gasteiger partial charge >= 0.3 is 25.1 Å². The largest absolute Gasteiger partial charge is 0.497 e. The summed E-state index contributed by atoms with van der Waals surface area (Å²) >= 11 is 0. The molecule has 0 radical (unpaired) electrons. The minimum absolute atomic E-state index is 0.0311. The first-order chi connectivity index (χ1) is 34.0. The lowest BCUT2D eigenvalue weighted by atomic mass is 9.80. The Morgan fingerprint density at radius 2 is 1.32 bits per heavy atom. The minimum atomic E-state index is -4.79. The van der Waals surface area contributed by atoms with Crippen LogP contribution in [0, 0.1) is 19.8 Å². The molecule has 1 unspecified atom stereocenters. The highest BCUT2D eigenvalue weighted by Crippen LogP contribution is 2.51. The smallest absolute Gasteiger partial charge is 0.406 e. The van der Waals surface area contributed by atoms with Crippen LogP contribution in [-0.4, -0.2) is 90.0 Å². The molecule has 4 heterocycles. The number of benzene rings is 3. The Bertz CT molecular complexity index is 2940. The van der Waals surface area contributed by atoms with Crippen molar-refractivity contribution in [2.24, 2.45) is 11.0 Å². The van der Waals surface area contributed by atoms with Crippen LogP contribution in [0.1, 0.15) is 73.4 Å². The molecule has 0 amide bonds. The number of nitrogens with one attached hydrogen (secondary N) is 3. The van der Waals surface area contributed by atoms with Gasteiger partial charge in [0.25, 0.3) is 11.1 Å². The number of H-pyrrole nitrogens is 2. The van der Waals surface area contributed by atoms with E-state index in [2.05, 4.69) is 25.1 Å². The first kappa shape index (κ1) is 52.2. The molecule has 2 saturated heterocycles. The number of hydrogen-bond donors (Lipinski definition) is 3. The van der Waals surface area contributed by atoms with Crippen molar-refractivity contribution in [1.29, 1.82) is 0 Å². The van der Waals surface area contributed by atoms with Gasteiger partial charge in [-0.25, -0.2) is 19.2 Å². The van der Waals surface area contributed by atoms with E-state index in [1.54, 1.807) is 38.5 Å². The summed E-state index contributed by atoms with van der Waals surface area (Å²) in [6.07, 6.45) is -3.12. The average Bonchev–Trinajstić information content (AvgIpc) is 3.96. The number of aromatic nitrogens is 4. The van der Waals surface area contributed by atoms with Crippen molar-refractivity contribution in [2.75, 3.05) is 34.5 Å². The maximum absolute atomic E-state index is 15.6. The Kier molecular flexibility index (Phi) is 16.7. The molecule has 2 aromatic heterocycles. The average molecular weight is 1000 g/mol. The number of methoxy groups -OCH3 is 3. The van der Waals surface area contributed by atoms with Gasteiger partial charge in [-0.1, -0.05) is 73.6 Å². The molecule has 378 valence electrons. The van der Waals surface area contributed by atoms with E-state index in [1.807, 2.05) is 68.4 Å². The molecule has 0 saturated carbocycles. The fourth-order valence-electron chi connectivity index (χ4n) is 8.69. The molecule has 71 heavy (non-hydrogen) atoms. The van der Waals surface area contributed by atoms with Crippen LogP contribution in [0.15, 0.2) is 116 Å². The Hall–Kier alpha value is -6.61. The Morgan fingerprint density at radius 3 is 1.83 bits per heavy atom. The summed E-state index contributed by atoms with van der Waals surface area (Å²) in [5, 5.41) is 6.67. The number of rotatable bonds is 21. The van der Waals surface area contributed by atoms with E-state index in [9.17, 15) is 29.5 Å². The maximum atomic E-state index is 15.6. The number of carbonyl (C=O) groups excluding carboxylic acids is 1. The van der Waals surface area contributed by atoms with Crippen molar-refractivity contribution in [3.05, 3.63) is 171 Å². The highest BCUT2D eigenvalue weighted by atomic mass is 31.2. The molecule has 2 aliphatic rings.